The van der Waals surface area contributed by atoms with Crippen molar-refractivity contribution in [2.24, 2.45) is 17.8 Å². The average Bonchev–Trinajstić information content (AvgIpc) is 3.62. The Morgan fingerprint density at radius 1 is 1.21 bits per heavy atom. The standard InChI is InChI=1S/C21H31N3O4/c1-3-28-21(26)19(18(14-4-5-14)15-6-7-15)23-20(25)17-12-22-24(13(17)2)16-8-10-27-11-9-16/h12,14-16,18-19H,3-11H2,1-2H3,(H,23,25)/t19-/m0/s1. The number of ether oxygens (including phenoxy) is 2. The van der Waals surface area contributed by atoms with Crippen LogP contribution in [-0.2, 0) is 14.3 Å². The van der Waals surface area contributed by atoms with Gasteiger partial charge in [-0.25, -0.2) is 4.79 Å². The van der Waals surface area contributed by atoms with Crippen molar-refractivity contribution in [1.29, 1.82) is 0 Å². The maximum atomic E-state index is 13.1. The van der Waals surface area contributed by atoms with Crippen LogP contribution >= 0.6 is 0 Å². The van der Waals surface area contributed by atoms with E-state index in [0.29, 0.717) is 24.0 Å². The number of nitrogens with zero attached hydrogens (tertiary/aromatic N) is 2. The van der Waals surface area contributed by atoms with Crippen molar-refractivity contribution in [3.63, 3.8) is 0 Å². The lowest BCUT2D eigenvalue weighted by atomic mass is 9.89. The first-order valence-electron chi connectivity index (χ1n) is 10.7. The zero-order valence-corrected chi connectivity index (χ0v) is 16.9. The van der Waals surface area contributed by atoms with E-state index in [9.17, 15) is 9.59 Å². The van der Waals surface area contributed by atoms with Gasteiger partial charge in [0.2, 0.25) is 0 Å². The molecular formula is C21H31N3O4. The molecule has 1 amide bonds. The third kappa shape index (κ3) is 4.09. The molecule has 7 heteroatoms. The largest absolute Gasteiger partial charge is 0.464 e. The van der Waals surface area contributed by atoms with Gasteiger partial charge >= 0.3 is 5.97 Å². The average molecular weight is 389 g/mol. The summed E-state index contributed by atoms with van der Waals surface area (Å²) in [5, 5.41) is 7.50. The molecule has 154 valence electrons. The predicted molar refractivity (Wildman–Crippen MR) is 103 cm³/mol. The van der Waals surface area contributed by atoms with Gasteiger partial charge in [-0.3, -0.25) is 9.48 Å². The van der Waals surface area contributed by atoms with Crippen LogP contribution < -0.4 is 5.32 Å². The molecule has 0 bridgehead atoms. The molecule has 0 unspecified atom stereocenters. The molecule has 2 aliphatic carbocycles. The van der Waals surface area contributed by atoms with Crippen LogP contribution in [0.1, 0.15) is 67.5 Å². The van der Waals surface area contributed by atoms with Crippen LogP contribution in [0.4, 0.5) is 0 Å². The van der Waals surface area contributed by atoms with E-state index in [0.717, 1.165) is 57.4 Å². The van der Waals surface area contributed by atoms with Gasteiger partial charge in [0.15, 0.2) is 0 Å². The van der Waals surface area contributed by atoms with Gasteiger partial charge in [-0.05, 0) is 70.1 Å². The Morgan fingerprint density at radius 2 is 1.86 bits per heavy atom. The molecule has 3 fully saturated rings. The number of nitrogens with one attached hydrogen (secondary N) is 1. The fraction of sp³-hybridized carbons (Fsp3) is 0.762. The molecule has 1 aromatic rings. The van der Waals surface area contributed by atoms with Crippen molar-refractivity contribution in [3.8, 4) is 0 Å². The van der Waals surface area contributed by atoms with Crippen LogP contribution in [0.2, 0.25) is 0 Å². The molecule has 3 aliphatic rings. The zero-order chi connectivity index (χ0) is 19.7. The van der Waals surface area contributed by atoms with Gasteiger partial charge in [0.1, 0.15) is 6.04 Å². The first-order chi connectivity index (χ1) is 13.6. The number of carbonyl (C=O) groups is 2. The fourth-order valence-electron chi connectivity index (χ4n) is 4.60. The lowest BCUT2D eigenvalue weighted by molar-refractivity contribution is -0.147. The molecule has 1 saturated heterocycles. The van der Waals surface area contributed by atoms with Gasteiger partial charge in [0.05, 0.1) is 24.4 Å². The summed E-state index contributed by atoms with van der Waals surface area (Å²) < 4.78 is 12.7. The first-order valence-corrected chi connectivity index (χ1v) is 10.7. The Bertz CT molecular complexity index is 705. The highest BCUT2D eigenvalue weighted by atomic mass is 16.5. The van der Waals surface area contributed by atoms with Crippen molar-refractivity contribution < 1.29 is 19.1 Å². The van der Waals surface area contributed by atoms with Gasteiger partial charge in [-0.15, -0.1) is 0 Å². The second kappa shape index (κ2) is 8.23. The quantitative estimate of drug-likeness (QED) is 0.691. The highest BCUT2D eigenvalue weighted by molar-refractivity contribution is 5.97. The molecule has 4 rings (SSSR count). The lowest BCUT2D eigenvalue weighted by Crippen LogP contribution is -2.48. The Hall–Kier alpha value is -1.89. The van der Waals surface area contributed by atoms with Crippen molar-refractivity contribution in [2.45, 2.75) is 64.5 Å². The van der Waals surface area contributed by atoms with Crippen LogP contribution in [0, 0.1) is 24.7 Å². The van der Waals surface area contributed by atoms with E-state index in [4.69, 9.17) is 9.47 Å². The second-order valence-corrected chi connectivity index (χ2v) is 8.39. The third-order valence-corrected chi connectivity index (χ3v) is 6.37. The molecule has 1 aliphatic heterocycles. The van der Waals surface area contributed by atoms with Gasteiger partial charge in [-0.2, -0.15) is 5.10 Å². The summed E-state index contributed by atoms with van der Waals surface area (Å²) in [7, 11) is 0. The monoisotopic (exact) mass is 389 g/mol. The molecule has 1 aromatic heterocycles. The molecule has 2 heterocycles. The SMILES string of the molecule is CCOC(=O)[C@@H](NC(=O)c1cnn(C2CCOCC2)c1C)C(C1CC1)C1CC1. The van der Waals surface area contributed by atoms with E-state index in [1.807, 2.05) is 18.5 Å². The summed E-state index contributed by atoms with van der Waals surface area (Å²) in [5.41, 5.74) is 1.40. The topological polar surface area (TPSA) is 82.5 Å². The van der Waals surface area contributed by atoms with E-state index in [2.05, 4.69) is 10.4 Å². The summed E-state index contributed by atoms with van der Waals surface area (Å²) in [6, 6.07) is -0.292. The Balaban J connectivity index is 1.51. The Morgan fingerprint density at radius 3 is 2.43 bits per heavy atom. The van der Waals surface area contributed by atoms with E-state index in [1.165, 1.54) is 0 Å². The summed E-state index contributed by atoms with van der Waals surface area (Å²) in [6.45, 7) is 5.51. The summed E-state index contributed by atoms with van der Waals surface area (Å²) in [5.74, 6) is 0.754. The molecule has 0 aromatic carbocycles. The molecule has 7 nitrogen and oxygen atoms in total. The Kier molecular flexibility index (Phi) is 5.71. The summed E-state index contributed by atoms with van der Waals surface area (Å²) in [6.07, 6.45) is 8.02. The summed E-state index contributed by atoms with van der Waals surface area (Å²) >= 11 is 0. The van der Waals surface area contributed by atoms with Gasteiger partial charge < -0.3 is 14.8 Å². The van der Waals surface area contributed by atoms with Crippen LogP contribution in [0.15, 0.2) is 6.20 Å². The number of hydrogen-bond acceptors (Lipinski definition) is 5. The van der Waals surface area contributed by atoms with Gasteiger partial charge in [0.25, 0.3) is 5.91 Å². The maximum absolute atomic E-state index is 13.1. The minimum absolute atomic E-state index is 0.203. The van der Waals surface area contributed by atoms with Crippen molar-refractivity contribution >= 4 is 11.9 Å². The van der Waals surface area contributed by atoms with E-state index in [1.54, 1.807) is 6.20 Å². The predicted octanol–water partition coefficient (Wildman–Crippen LogP) is 2.64. The Labute approximate surface area is 166 Å². The van der Waals surface area contributed by atoms with Gasteiger partial charge in [-0.1, -0.05) is 0 Å². The second-order valence-electron chi connectivity index (χ2n) is 8.39. The normalized spacial score (nSPS) is 21.5. The van der Waals surface area contributed by atoms with Crippen LogP contribution in [0.3, 0.4) is 0 Å². The maximum Gasteiger partial charge on any atom is 0.328 e. The minimum Gasteiger partial charge on any atom is -0.464 e. The van der Waals surface area contributed by atoms with Crippen molar-refractivity contribution in [2.75, 3.05) is 19.8 Å². The van der Waals surface area contributed by atoms with E-state index < -0.39 is 6.04 Å². The van der Waals surface area contributed by atoms with Crippen LogP contribution in [-0.4, -0.2) is 47.5 Å². The highest BCUT2D eigenvalue weighted by Crippen LogP contribution is 2.51. The summed E-state index contributed by atoms with van der Waals surface area (Å²) in [4.78, 5) is 25.8. The number of amides is 1. The lowest BCUT2D eigenvalue weighted by Gasteiger charge is -2.26. The molecule has 2 saturated carbocycles. The minimum atomic E-state index is -0.557. The fourth-order valence-corrected chi connectivity index (χ4v) is 4.60. The zero-order valence-electron chi connectivity index (χ0n) is 16.9. The van der Waals surface area contributed by atoms with Crippen LogP contribution in [0.5, 0.6) is 0 Å². The van der Waals surface area contributed by atoms with Crippen molar-refractivity contribution in [3.05, 3.63) is 17.5 Å². The molecule has 0 spiro atoms. The highest BCUT2D eigenvalue weighted by Gasteiger charge is 2.49. The smallest absolute Gasteiger partial charge is 0.328 e. The number of hydrogen-bond donors (Lipinski definition) is 1. The van der Waals surface area contributed by atoms with E-state index >= 15 is 0 Å². The van der Waals surface area contributed by atoms with Crippen LogP contribution in [0.25, 0.3) is 0 Å². The number of carbonyl (C=O) groups excluding carboxylic acids is 2. The van der Waals surface area contributed by atoms with Crippen molar-refractivity contribution in [1.82, 2.24) is 15.1 Å². The third-order valence-electron chi connectivity index (χ3n) is 6.37. The molecule has 28 heavy (non-hydrogen) atoms. The van der Waals surface area contributed by atoms with Gasteiger partial charge in [0, 0.05) is 18.9 Å². The molecule has 0 radical (unpaired) electrons. The van der Waals surface area contributed by atoms with E-state index in [-0.39, 0.29) is 23.8 Å². The molecular weight excluding hydrogens is 358 g/mol. The molecule has 1 N–H and O–H groups in total. The number of esters is 1. The number of rotatable bonds is 8. The number of aromatic nitrogens is 2. The molecule has 1 atom stereocenters. The first kappa shape index (κ1) is 19.4.